The SMILES string of the molecule is CC(C)C1CNC(C2CCCCC2)CN1c1cncnc1. The van der Waals surface area contributed by atoms with E-state index in [0.717, 1.165) is 19.0 Å². The Kier molecular flexibility index (Phi) is 4.73. The summed E-state index contributed by atoms with van der Waals surface area (Å²) in [5, 5.41) is 3.84. The molecule has 0 spiro atoms. The largest absolute Gasteiger partial charge is 0.363 e. The molecule has 1 aromatic rings. The zero-order valence-corrected chi connectivity index (χ0v) is 13.3. The number of nitrogens with one attached hydrogen (secondary N) is 1. The molecule has 0 amide bonds. The van der Waals surface area contributed by atoms with E-state index in [4.69, 9.17) is 0 Å². The summed E-state index contributed by atoms with van der Waals surface area (Å²) in [5.41, 5.74) is 1.18. The van der Waals surface area contributed by atoms with Crippen LogP contribution in [0.4, 0.5) is 5.69 Å². The van der Waals surface area contributed by atoms with Crippen LogP contribution in [0.25, 0.3) is 0 Å². The summed E-state index contributed by atoms with van der Waals surface area (Å²) < 4.78 is 0. The van der Waals surface area contributed by atoms with Crippen molar-refractivity contribution >= 4 is 5.69 Å². The van der Waals surface area contributed by atoms with Crippen LogP contribution in [0, 0.1) is 11.8 Å². The first-order chi connectivity index (χ1) is 10.3. The maximum atomic E-state index is 4.22. The number of hydrogen-bond donors (Lipinski definition) is 1. The van der Waals surface area contributed by atoms with E-state index in [2.05, 4.69) is 34.0 Å². The van der Waals surface area contributed by atoms with Gasteiger partial charge in [0.1, 0.15) is 6.33 Å². The van der Waals surface area contributed by atoms with Gasteiger partial charge in [0.2, 0.25) is 0 Å². The molecule has 4 nitrogen and oxygen atoms in total. The average Bonchev–Trinajstić information content (AvgIpc) is 2.56. The molecule has 1 aromatic heterocycles. The molecular weight excluding hydrogens is 260 g/mol. The minimum atomic E-state index is 0.538. The predicted octanol–water partition coefficient (Wildman–Crippen LogP) is 2.86. The summed E-state index contributed by atoms with van der Waals surface area (Å²) in [6.07, 6.45) is 12.6. The van der Waals surface area contributed by atoms with Gasteiger partial charge in [-0.15, -0.1) is 0 Å². The number of aromatic nitrogens is 2. The molecule has 1 saturated carbocycles. The Morgan fingerprint density at radius 1 is 1.14 bits per heavy atom. The second kappa shape index (κ2) is 6.73. The molecule has 116 valence electrons. The predicted molar refractivity (Wildman–Crippen MR) is 86.4 cm³/mol. The molecule has 1 aliphatic heterocycles. The summed E-state index contributed by atoms with van der Waals surface area (Å²) in [5.74, 6) is 1.48. The topological polar surface area (TPSA) is 41.0 Å². The number of anilines is 1. The second-order valence-corrected chi connectivity index (χ2v) is 6.97. The number of rotatable bonds is 3. The molecule has 0 aromatic carbocycles. The third kappa shape index (κ3) is 3.37. The van der Waals surface area contributed by atoms with Crippen molar-refractivity contribution in [1.29, 1.82) is 0 Å². The van der Waals surface area contributed by atoms with Crippen molar-refractivity contribution in [2.45, 2.75) is 58.0 Å². The van der Waals surface area contributed by atoms with Crippen LogP contribution < -0.4 is 10.2 Å². The van der Waals surface area contributed by atoms with Gasteiger partial charge < -0.3 is 10.2 Å². The maximum Gasteiger partial charge on any atom is 0.115 e. The highest BCUT2D eigenvalue weighted by molar-refractivity contribution is 5.44. The number of hydrogen-bond acceptors (Lipinski definition) is 4. The van der Waals surface area contributed by atoms with Gasteiger partial charge in [0.25, 0.3) is 0 Å². The molecule has 2 aliphatic rings. The molecule has 2 heterocycles. The van der Waals surface area contributed by atoms with E-state index in [0.29, 0.717) is 18.0 Å². The van der Waals surface area contributed by atoms with Gasteiger partial charge in [-0.05, 0) is 24.7 Å². The monoisotopic (exact) mass is 288 g/mol. The van der Waals surface area contributed by atoms with Crippen LogP contribution in [0.3, 0.4) is 0 Å². The van der Waals surface area contributed by atoms with Crippen LogP contribution in [-0.2, 0) is 0 Å². The van der Waals surface area contributed by atoms with Crippen molar-refractivity contribution in [1.82, 2.24) is 15.3 Å². The summed E-state index contributed by atoms with van der Waals surface area (Å²) in [4.78, 5) is 11.0. The Morgan fingerprint density at radius 2 is 1.86 bits per heavy atom. The fourth-order valence-corrected chi connectivity index (χ4v) is 3.98. The van der Waals surface area contributed by atoms with Gasteiger partial charge in [-0.3, -0.25) is 0 Å². The molecule has 4 heteroatoms. The molecule has 2 fully saturated rings. The molecule has 1 N–H and O–H groups in total. The van der Waals surface area contributed by atoms with Crippen molar-refractivity contribution in [3.05, 3.63) is 18.7 Å². The fourth-order valence-electron chi connectivity index (χ4n) is 3.98. The zero-order valence-electron chi connectivity index (χ0n) is 13.3. The summed E-state index contributed by atoms with van der Waals surface area (Å²) in [6, 6.07) is 1.16. The van der Waals surface area contributed by atoms with E-state index < -0.39 is 0 Å². The van der Waals surface area contributed by atoms with Gasteiger partial charge in [-0.2, -0.15) is 0 Å². The molecule has 0 radical (unpaired) electrons. The molecule has 2 unspecified atom stereocenters. The summed E-state index contributed by atoms with van der Waals surface area (Å²) in [7, 11) is 0. The molecule has 21 heavy (non-hydrogen) atoms. The van der Waals surface area contributed by atoms with Crippen LogP contribution in [0.2, 0.25) is 0 Å². The van der Waals surface area contributed by atoms with Crippen LogP contribution in [0.1, 0.15) is 46.0 Å². The van der Waals surface area contributed by atoms with Gasteiger partial charge in [-0.25, -0.2) is 9.97 Å². The summed E-state index contributed by atoms with van der Waals surface area (Å²) in [6.45, 7) is 6.79. The minimum absolute atomic E-state index is 0.538. The lowest BCUT2D eigenvalue weighted by molar-refractivity contribution is 0.229. The highest BCUT2D eigenvalue weighted by atomic mass is 15.2. The van der Waals surface area contributed by atoms with Gasteiger partial charge in [0.15, 0.2) is 0 Å². The van der Waals surface area contributed by atoms with Gasteiger partial charge in [0, 0.05) is 25.2 Å². The Hall–Kier alpha value is -1.16. The standard InChI is InChI=1S/C17H28N4/c1-13(2)17-10-20-16(14-6-4-3-5-7-14)11-21(17)15-8-18-12-19-9-15/h8-9,12-14,16-17,20H,3-7,10-11H2,1-2H3. The van der Waals surface area contributed by atoms with E-state index in [1.165, 1.54) is 37.8 Å². The first-order valence-corrected chi connectivity index (χ1v) is 8.50. The average molecular weight is 288 g/mol. The number of piperazine rings is 1. The molecular formula is C17H28N4. The molecule has 1 saturated heterocycles. The van der Waals surface area contributed by atoms with Crippen LogP contribution in [-0.4, -0.2) is 35.1 Å². The second-order valence-electron chi connectivity index (χ2n) is 6.97. The first kappa shape index (κ1) is 14.8. The van der Waals surface area contributed by atoms with Crippen molar-refractivity contribution in [3.8, 4) is 0 Å². The molecule has 0 bridgehead atoms. The van der Waals surface area contributed by atoms with Crippen molar-refractivity contribution in [2.75, 3.05) is 18.0 Å². The summed E-state index contributed by atoms with van der Waals surface area (Å²) >= 11 is 0. The lowest BCUT2D eigenvalue weighted by atomic mass is 9.82. The maximum absolute atomic E-state index is 4.22. The minimum Gasteiger partial charge on any atom is -0.363 e. The quantitative estimate of drug-likeness (QED) is 0.928. The first-order valence-electron chi connectivity index (χ1n) is 8.50. The van der Waals surface area contributed by atoms with E-state index in [9.17, 15) is 0 Å². The van der Waals surface area contributed by atoms with Gasteiger partial charge in [-0.1, -0.05) is 33.1 Å². The van der Waals surface area contributed by atoms with Gasteiger partial charge >= 0.3 is 0 Å². The molecule has 3 rings (SSSR count). The van der Waals surface area contributed by atoms with Crippen LogP contribution in [0.15, 0.2) is 18.7 Å². The van der Waals surface area contributed by atoms with E-state index in [-0.39, 0.29) is 0 Å². The third-order valence-corrected chi connectivity index (χ3v) is 5.25. The van der Waals surface area contributed by atoms with E-state index in [1.807, 2.05) is 12.4 Å². The van der Waals surface area contributed by atoms with Crippen LogP contribution in [0.5, 0.6) is 0 Å². The van der Waals surface area contributed by atoms with Crippen molar-refractivity contribution < 1.29 is 0 Å². The third-order valence-electron chi connectivity index (χ3n) is 5.25. The Balaban J connectivity index is 1.75. The molecule has 2 atom stereocenters. The lowest BCUT2D eigenvalue weighted by Crippen LogP contribution is -2.60. The van der Waals surface area contributed by atoms with E-state index >= 15 is 0 Å². The van der Waals surface area contributed by atoms with Crippen molar-refractivity contribution in [2.24, 2.45) is 11.8 Å². The van der Waals surface area contributed by atoms with Crippen LogP contribution >= 0.6 is 0 Å². The Labute approximate surface area is 128 Å². The lowest BCUT2D eigenvalue weighted by Gasteiger charge is -2.46. The highest BCUT2D eigenvalue weighted by Crippen LogP contribution is 2.30. The van der Waals surface area contributed by atoms with Crippen molar-refractivity contribution in [3.63, 3.8) is 0 Å². The normalized spacial score (nSPS) is 28.0. The Morgan fingerprint density at radius 3 is 2.52 bits per heavy atom. The Bertz CT molecular complexity index is 428. The fraction of sp³-hybridized carbons (Fsp3) is 0.765. The van der Waals surface area contributed by atoms with E-state index in [1.54, 1.807) is 6.33 Å². The zero-order chi connectivity index (χ0) is 14.7. The molecule has 1 aliphatic carbocycles. The highest BCUT2D eigenvalue weighted by Gasteiger charge is 2.34. The van der Waals surface area contributed by atoms with Gasteiger partial charge in [0.05, 0.1) is 18.1 Å². The smallest absolute Gasteiger partial charge is 0.115 e. The number of nitrogens with zero attached hydrogens (tertiary/aromatic N) is 3.